The van der Waals surface area contributed by atoms with Crippen molar-refractivity contribution in [2.45, 2.75) is 11.8 Å². The molecule has 3 aromatic carbocycles. The molecule has 0 aliphatic heterocycles. The summed E-state index contributed by atoms with van der Waals surface area (Å²) in [5.41, 5.74) is 1.90. The van der Waals surface area contributed by atoms with Crippen molar-refractivity contribution in [1.29, 1.82) is 0 Å². The van der Waals surface area contributed by atoms with E-state index < -0.39 is 10.1 Å². The molecule has 0 saturated heterocycles. The first-order valence-corrected chi connectivity index (χ1v) is 10.2. The number of rotatable bonds is 6. The molecule has 28 heavy (non-hydrogen) atoms. The topological polar surface area (TPSA) is 60.4 Å². The lowest BCUT2D eigenvalue weighted by molar-refractivity contribution is 0.104. The van der Waals surface area contributed by atoms with E-state index >= 15 is 0 Å². The molecule has 0 aliphatic carbocycles. The minimum absolute atomic E-state index is 0.0640. The number of carbonyl (C=O) groups excluding carboxylic acids is 1. The number of aryl methyl sites for hydroxylation is 1. The lowest BCUT2D eigenvalue weighted by Crippen LogP contribution is -2.10. The van der Waals surface area contributed by atoms with Crippen LogP contribution in [0, 0.1) is 6.92 Å². The summed E-state index contributed by atoms with van der Waals surface area (Å²) in [6.07, 6.45) is 2.89. The summed E-state index contributed by atoms with van der Waals surface area (Å²) in [6.45, 7) is 1.87. The standard InChI is InChI=1S/C22H17ClO4S/c1-16-6-13-20(14-7-16)28(25,26)27-22-5-3-2-4-18(22)10-15-21(24)17-8-11-19(23)12-9-17/h2-15H,1H3/b15-10+. The predicted octanol–water partition coefficient (Wildman–Crippen LogP) is 5.31. The maximum atomic E-state index is 12.5. The van der Waals surface area contributed by atoms with Crippen LogP contribution < -0.4 is 4.18 Å². The van der Waals surface area contributed by atoms with Gasteiger partial charge in [-0.25, -0.2) is 0 Å². The van der Waals surface area contributed by atoms with Gasteiger partial charge in [0.15, 0.2) is 5.78 Å². The Bertz CT molecular complexity index is 1120. The number of hydrogen-bond donors (Lipinski definition) is 0. The highest BCUT2D eigenvalue weighted by atomic mass is 35.5. The van der Waals surface area contributed by atoms with Gasteiger partial charge >= 0.3 is 10.1 Å². The van der Waals surface area contributed by atoms with Crippen molar-refractivity contribution in [1.82, 2.24) is 0 Å². The second kappa shape index (κ2) is 8.42. The summed E-state index contributed by atoms with van der Waals surface area (Å²) in [6, 6.07) is 19.5. The van der Waals surface area contributed by atoms with Crippen LogP contribution in [-0.4, -0.2) is 14.2 Å². The van der Waals surface area contributed by atoms with Gasteiger partial charge in [0.25, 0.3) is 0 Å². The van der Waals surface area contributed by atoms with Crippen LogP contribution in [0.25, 0.3) is 6.08 Å². The van der Waals surface area contributed by atoms with E-state index in [0.717, 1.165) is 5.56 Å². The van der Waals surface area contributed by atoms with E-state index in [-0.39, 0.29) is 16.4 Å². The van der Waals surface area contributed by atoms with E-state index in [9.17, 15) is 13.2 Å². The summed E-state index contributed by atoms with van der Waals surface area (Å²) < 4.78 is 30.4. The first-order chi connectivity index (χ1) is 13.3. The minimum Gasteiger partial charge on any atom is -0.378 e. The summed E-state index contributed by atoms with van der Waals surface area (Å²) in [4.78, 5) is 12.4. The third-order valence-electron chi connectivity index (χ3n) is 3.97. The smallest absolute Gasteiger partial charge is 0.339 e. The third-order valence-corrected chi connectivity index (χ3v) is 5.47. The lowest BCUT2D eigenvalue weighted by atomic mass is 10.1. The molecule has 0 amide bonds. The van der Waals surface area contributed by atoms with Crippen molar-refractivity contribution in [3.63, 3.8) is 0 Å². The number of benzene rings is 3. The van der Waals surface area contributed by atoms with Gasteiger partial charge in [-0.1, -0.05) is 47.5 Å². The Balaban J connectivity index is 1.84. The van der Waals surface area contributed by atoms with Gasteiger partial charge in [-0.05, 0) is 61.5 Å². The van der Waals surface area contributed by atoms with Crippen LogP contribution in [0.15, 0.2) is 83.8 Å². The molecule has 0 radical (unpaired) electrons. The fourth-order valence-corrected chi connectivity index (χ4v) is 3.52. The van der Waals surface area contributed by atoms with E-state index in [1.165, 1.54) is 30.4 Å². The van der Waals surface area contributed by atoms with Crippen LogP contribution >= 0.6 is 11.6 Å². The molecule has 0 heterocycles. The third kappa shape index (κ3) is 4.88. The molecule has 0 unspecified atom stereocenters. The molecule has 0 aliphatic rings. The molecular weight excluding hydrogens is 396 g/mol. The van der Waals surface area contributed by atoms with Crippen molar-refractivity contribution in [3.05, 3.63) is 101 Å². The lowest BCUT2D eigenvalue weighted by Gasteiger charge is -2.09. The molecule has 3 rings (SSSR count). The Morgan fingerprint density at radius 1 is 0.929 bits per heavy atom. The second-order valence-corrected chi connectivity index (χ2v) is 8.08. The van der Waals surface area contributed by atoms with Crippen LogP contribution in [0.3, 0.4) is 0 Å². The van der Waals surface area contributed by atoms with Crippen LogP contribution in [0.1, 0.15) is 21.5 Å². The van der Waals surface area contributed by atoms with Gasteiger partial charge < -0.3 is 4.18 Å². The van der Waals surface area contributed by atoms with Gasteiger partial charge in [-0.2, -0.15) is 8.42 Å². The quantitative estimate of drug-likeness (QED) is 0.312. The summed E-state index contributed by atoms with van der Waals surface area (Å²) in [5, 5.41) is 0.542. The zero-order valence-corrected chi connectivity index (χ0v) is 16.6. The normalized spacial score (nSPS) is 11.5. The highest BCUT2D eigenvalue weighted by Crippen LogP contribution is 2.24. The van der Waals surface area contributed by atoms with Crippen molar-refractivity contribution < 1.29 is 17.4 Å². The molecule has 0 N–H and O–H groups in total. The molecule has 0 saturated carbocycles. The molecule has 0 atom stereocenters. The molecular formula is C22H17ClO4S. The molecule has 142 valence electrons. The number of halogens is 1. The van der Waals surface area contributed by atoms with Gasteiger partial charge in [-0.3, -0.25) is 4.79 Å². The van der Waals surface area contributed by atoms with Gasteiger partial charge in [0.05, 0.1) is 0 Å². The highest BCUT2D eigenvalue weighted by molar-refractivity contribution is 7.87. The van der Waals surface area contributed by atoms with E-state index in [0.29, 0.717) is 16.1 Å². The zero-order valence-electron chi connectivity index (χ0n) is 15.0. The van der Waals surface area contributed by atoms with E-state index in [1.807, 2.05) is 6.92 Å². The summed E-state index contributed by atoms with van der Waals surface area (Å²) in [5.74, 6) is -0.0870. The Morgan fingerprint density at radius 2 is 1.57 bits per heavy atom. The maximum absolute atomic E-state index is 12.5. The second-order valence-electron chi connectivity index (χ2n) is 6.09. The average Bonchev–Trinajstić information content (AvgIpc) is 2.68. The molecule has 3 aromatic rings. The minimum atomic E-state index is -3.98. The predicted molar refractivity (Wildman–Crippen MR) is 110 cm³/mol. The Morgan fingerprint density at radius 3 is 2.25 bits per heavy atom. The Hall–Kier alpha value is -2.89. The van der Waals surface area contributed by atoms with Crippen molar-refractivity contribution in [3.8, 4) is 5.75 Å². The van der Waals surface area contributed by atoms with Crippen LogP contribution in [0.4, 0.5) is 0 Å². The maximum Gasteiger partial charge on any atom is 0.339 e. The Labute approximate surface area is 169 Å². The van der Waals surface area contributed by atoms with Gasteiger partial charge in [0.1, 0.15) is 10.6 Å². The van der Waals surface area contributed by atoms with Gasteiger partial charge in [0, 0.05) is 16.1 Å². The summed E-state index contributed by atoms with van der Waals surface area (Å²) >= 11 is 5.83. The molecule has 0 bridgehead atoms. The number of ketones is 1. The molecule has 6 heteroatoms. The Kier molecular flexibility index (Phi) is 5.97. The van der Waals surface area contributed by atoms with E-state index in [1.54, 1.807) is 54.6 Å². The monoisotopic (exact) mass is 412 g/mol. The number of allylic oxidation sites excluding steroid dienone is 1. The molecule has 4 nitrogen and oxygen atoms in total. The zero-order chi connectivity index (χ0) is 20.1. The van der Waals surface area contributed by atoms with E-state index in [4.69, 9.17) is 15.8 Å². The van der Waals surface area contributed by atoms with E-state index in [2.05, 4.69) is 0 Å². The molecule has 0 aromatic heterocycles. The highest BCUT2D eigenvalue weighted by Gasteiger charge is 2.17. The fourth-order valence-electron chi connectivity index (χ4n) is 2.44. The first kappa shape index (κ1) is 19.9. The largest absolute Gasteiger partial charge is 0.378 e. The number of para-hydroxylation sites is 1. The number of carbonyl (C=O) groups is 1. The van der Waals surface area contributed by atoms with Gasteiger partial charge in [-0.15, -0.1) is 0 Å². The molecule has 0 fully saturated rings. The summed E-state index contributed by atoms with van der Waals surface area (Å²) in [7, 11) is -3.98. The SMILES string of the molecule is Cc1ccc(S(=O)(=O)Oc2ccccc2/C=C/C(=O)c2ccc(Cl)cc2)cc1. The van der Waals surface area contributed by atoms with Crippen molar-refractivity contribution >= 4 is 33.6 Å². The van der Waals surface area contributed by atoms with Gasteiger partial charge in [0.2, 0.25) is 0 Å². The van der Waals surface area contributed by atoms with Crippen molar-refractivity contribution in [2.75, 3.05) is 0 Å². The number of hydrogen-bond acceptors (Lipinski definition) is 4. The fraction of sp³-hybridized carbons (Fsp3) is 0.0455. The van der Waals surface area contributed by atoms with Crippen LogP contribution in [0.5, 0.6) is 5.75 Å². The average molecular weight is 413 g/mol. The van der Waals surface area contributed by atoms with Crippen LogP contribution in [-0.2, 0) is 10.1 Å². The first-order valence-electron chi connectivity index (χ1n) is 8.43. The van der Waals surface area contributed by atoms with Crippen molar-refractivity contribution in [2.24, 2.45) is 0 Å². The van der Waals surface area contributed by atoms with Crippen LogP contribution in [0.2, 0.25) is 5.02 Å². The molecule has 0 spiro atoms.